The third-order valence-corrected chi connectivity index (χ3v) is 2.37. The highest BCUT2D eigenvalue weighted by Gasteiger charge is 2.29. The number of ether oxygens (including phenoxy) is 1. The van der Waals surface area contributed by atoms with Crippen molar-refractivity contribution >= 4 is 23.2 Å². The zero-order chi connectivity index (χ0) is 12.4. The van der Waals surface area contributed by atoms with Crippen LogP contribution in [0.1, 0.15) is 6.42 Å². The van der Waals surface area contributed by atoms with Crippen molar-refractivity contribution < 1.29 is 14.3 Å². The van der Waals surface area contributed by atoms with Crippen LogP contribution in [-0.4, -0.2) is 24.6 Å². The lowest BCUT2D eigenvalue weighted by Crippen LogP contribution is -2.22. The predicted molar refractivity (Wildman–Crippen MR) is 61.7 cm³/mol. The molecule has 0 saturated heterocycles. The van der Waals surface area contributed by atoms with Crippen molar-refractivity contribution in [3.63, 3.8) is 0 Å². The van der Waals surface area contributed by atoms with Gasteiger partial charge < -0.3 is 10.5 Å². The number of carbonyl (C=O) groups is 2. The fourth-order valence-corrected chi connectivity index (χ4v) is 1.56. The van der Waals surface area contributed by atoms with Crippen LogP contribution in [0.25, 0.3) is 0 Å². The number of benzene rings is 1. The van der Waals surface area contributed by atoms with E-state index in [0.29, 0.717) is 11.4 Å². The van der Waals surface area contributed by atoms with E-state index in [9.17, 15) is 9.59 Å². The lowest BCUT2D eigenvalue weighted by molar-refractivity contribution is -0.117. The highest BCUT2D eigenvalue weighted by molar-refractivity contribution is 6.44. The zero-order valence-electron chi connectivity index (χ0n) is 9.21. The molecule has 0 unspecified atom stereocenters. The first kappa shape index (κ1) is 11.1. The summed E-state index contributed by atoms with van der Waals surface area (Å²) in [5.74, 6) is -0.477. The largest absolute Gasteiger partial charge is 0.494 e. The van der Waals surface area contributed by atoms with E-state index in [1.54, 1.807) is 24.3 Å². The molecular formula is C11H11N3O3. The third kappa shape index (κ3) is 1.96. The normalized spacial score (nSPS) is 14.8. The number of anilines is 1. The number of hydrazone groups is 1. The summed E-state index contributed by atoms with van der Waals surface area (Å²) in [4.78, 5) is 22.7. The van der Waals surface area contributed by atoms with Crippen molar-refractivity contribution in [2.24, 2.45) is 10.8 Å². The first-order chi connectivity index (χ1) is 8.13. The number of hydrogen-bond donors (Lipinski definition) is 1. The van der Waals surface area contributed by atoms with Gasteiger partial charge in [-0.25, -0.2) is 0 Å². The molecule has 0 spiro atoms. The molecule has 0 aliphatic carbocycles. The van der Waals surface area contributed by atoms with Crippen molar-refractivity contribution in [3.05, 3.63) is 24.3 Å². The second-order valence-corrected chi connectivity index (χ2v) is 3.47. The van der Waals surface area contributed by atoms with Crippen molar-refractivity contribution in [3.8, 4) is 5.75 Å². The summed E-state index contributed by atoms with van der Waals surface area (Å²) < 4.78 is 5.12. The fraction of sp³-hybridized carbons (Fsp3) is 0.182. The Morgan fingerprint density at radius 2 is 2.18 bits per heavy atom. The molecule has 1 aliphatic heterocycles. The maximum absolute atomic E-state index is 11.7. The van der Waals surface area contributed by atoms with Crippen LogP contribution in [-0.2, 0) is 9.59 Å². The van der Waals surface area contributed by atoms with E-state index in [-0.39, 0.29) is 18.0 Å². The molecule has 2 N–H and O–H groups in total. The minimum atomic E-state index is -0.684. The number of para-hydroxylation sites is 2. The lowest BCUT2D eigenvalue weighted by atomic mass is 10.2. The quantitative estimate of drug-likeness (QED) is 0.813. The van der Waals surface area contributed by atoms with Gasteiger partial charge in [0.05, 0.1) is 13.5 Å². The van der Waals surface area contributed by atoms with Crippen LogP contribution in [0.5, 0.6) is 5.75 Å². The number of nitrogens with two attached hydrogens (primary N) is 1. The van der Waals surface area contributed by atoms with E-state index in [0.717, 1.165) is 5.01 Å². The van der Waals surface area contributed by atoms with Gasteiger partial charge in [-0.15, -0.1) is 0 Å². The molecule has 1 heterocycles. The molecule has 6 nitrogen and oxygen atoms in total. The summed E-state index contributed by atoms with van der Waals surface area (Å²) in [7, 11) is 1.50. The molecule has 0 aromatic heterocycles. The molecule has 0 radical (unpaired) electrons. The molecule has 2 amide bonds. The molecule has 0 bridgehead atoms. The Hall–Kier alpha value is -2.37. The fourth-order valence-electron chi connectivity index (χ4n) is 1.56. The molecule has 0 fully saturated rings. The number of nitrogens with zero attached hydrogens (tertiary/aromatic N) is 2. The maximum atomic E-state index is 11.7. The Morgan fingerprint density at radius 1 is 1.47 bits per heavy atom. The van der Waals surface area contributed by atoms with E-state index >= 15 is 0 Å². The van der Waals surface area contributed by atoms with Crippen molar-refractivity contribution in [1.82, 2.24) is 0 Å². The summed E-state index contributed by atoms with van der Waals surface area (Å²) in [6.45, 7) is 0. The van der Waals surface area contributed by atoms with Crippen LogP contribution in [0.4, 0.5) is 5.69 Å². The van der Waals surface area contributed by atoms with Gasteiger partial charge in [0.1, 0.15) is 17.1 Å². The number of amides is 2. The molecule has 1 aromatic rings. The molecule has 1 aliphatic rings. The van der Waals surface area contributed by atoms with Gasteiger partial charge in [0.15, 0.2) is 0 Å². The molecular weight excluding hydrogens is 222 g/mol. The van der Waals surface area contributed by atoms with Crippen LogP contribution < -0.4 is 15.5 Å². The lowest BCUT2D eigenvalue weighted by Gasteiger charge is -2.14. The highest BCUT2D eigenvalue weighted by Crippen LogP contribution is 2.30. The van der Waals surface area contributed by atoms with Crippen LogP contribution in [0, 0.1) is 0 Å². The second kappa shape index (κ2) is 4.25. The second-order valence-electron chi connectivity index (χ2n) is 3.47. The summed E-state index contributed by atoms with van der Waals surface area (Å²) in [5, 5.41) is 5.03. The summed E-state index contributed by atoms with van der Waals surface area (Å²) >= 11 is 0. The molecule has 0 atom stereocenters. The van der Waals surface area contributed by atoms with E-state index in [2.05, 4.69) is 5.10 Å². The smallest absolute Gasteiger partial charge is 0.265 e. The Morgan fingerprint density at radius 3 is 2.76 bits per heavy atom. The number of carbonyl (C=O) groups excluding carboxylic acids is 2. The topological polar surface area (TPSA) is 85.0 Å². The van der Waals surface area contributed by atoms with Gasteiger partial charge in [0.25, 0.3) is 11.8 Å². The number of rotatable bonds is 3. The van der Waals surface area contributed by atoms with Gasteiger partial charge in [-0.2, -0.15) is 10.1 Å². The minimum Gasteiger partial charge on any atom is -0.494 e. The van der Waals surface area contributed by atoms with Crippen LogP contribution in [0.2, 0.25) is 0 Å². The molecule has 88 valence electrons. The summed E-state index contributed by atoms with van der Waals surface area (Å²) in [6, 6.07) is 6.93. The zero-order valence-corrected chi connectivity index (χ0v) is 9.21. The van der Waals surface area contributed by atoms with Gasteiger partial charge >= 0.3 is 0 Å². The average Bonchev–Trinajstić information content (AvgIpc) is 2.71. The van der Waals surface area contributed by atoms with Gasteiger partial charge in [-0.05, 0) is 12.1 Å². The molecule has 0 saturated carbocycles. The van der Waals surface area contributed by atoms with Gasteiger partial charge in [-0.1, -0.05) is 12.1 Å². The van der Waals surface area contributed by atoms with E-state index in [1.807, 2.05) is 0 Å². The Kier molecular flexibility index (Phi) is 2.78. The monoisotopic (exact) mass is 233 g/mol. The Bertz CT molecular complexity index is 510. The third-order valence-electron chi connectivity index (χ3n) is 2.37. The first-order valence-electron chi connectivity index (χ1n) is 4.96. The van der Waals surface area contributed by atoms with Crippen LogP contribution in [0.3, 0.4) is 0 Å². The van der Waals surface area contributed by atoms with Crippen LogP contribution in [0.15, 0.2) is 29.4 Å². The van der Waals surface area contributed by atoms with Gasteiger partial charge in [0.2, 0.25) is 0 Å². The Balaban J connectivity index is 2.40. The van der Waals surface area contributed by atoms with Crippen molar-refractivity contribution in [2.45, 2.75) is 6.42 Å². The average molecular weight is 233 g/mol. The minimum absolute atomic E-state index is 0.0564. The number of methoxy groups -OCH3 is 1. The SMILES string of the molecule is COc1ccccc1N1N=C(C(N)=O)CC1=O. The van der Waals surface area contributed by atoms with E-state index in [4.69, 9.17) is 10.5 Å². The van der Waals surface area contributed by atoms with Gasteiger partial charge in [0, 0.05) is 0 Å². The molecule has 6 heteroatoms. The summed E-state index contributed by atoms with van der Waals surface area (Å²) in [6.07, 6.45) is -0.0760. The predicted octanol–water partition coefficient (Wildman–Crippen LogP) is 0.273. The molecule has 1 aromatic carbocycles. The first-order valence-corrected chi connectivity index (χ1v) is 4.96. The van der Waals surface area contributed by atoms with Crippen LogP contribution >= 0.6 is 0 Å². The van der Waals surface area contributed by atoms with E-state index in [1.165, 1.54) is 7.11 Å². The molecule has 17 heavy (non-hydrogen) atoms. The van der Waals surface area contributed by atoms with Gasteiger partial charge in [-0.3, -0.25) is 9.59 Å². The number of hydrogen-bond acceptors (Lipinski definition) is 4. The standard InChI is InChI=1S/C11H11N3O3/c1-17-9-5-3-2-4-8(9)14-10(15)6-7(13-14)11(12)16/h2-5H,6H2,1H3,(H2,12,16). The Labute approximate surface area is 97.7 Å². The summed E-state index contributed by atoms with van der Waals surface area (Å²) in [5.41, 5.74) is 5.64. The van der Waals surface area contributed by atoms with Crippen molar-refractivity contribution in [2.75, 3.05) is 12.1 Å². The maximum Gasteiger partial charge on any atom is 0.265 e. The highest BCUT2D eigenvalue weighted by atomic mass is 16.5. The molecule has 2 rings (SSSR count). The van der Waals surface area contributed by atoms with E-state index < -0.39 is 5.91 Å². The number of primary amides is 1. The van der Waals surface area contributed by atoms with Crippen molar-refractivity contribution in [1.29, 1.82) is 0 Å².